The van der Waals surface area contributed by atoms with Crippen LogP contribution in [0.1, 0.15) is 30.7 Å². The van der Waals surface area contributed by atoms with Crippen molar-refractivity contribution in [2.75, 3.05) is 32.9 Å². The maximum Gasteiger partial charge on any atom is 0.240 e. The van der Waals surface area contributed by atoms with Gasteiger partial charge >= 0.3 is 0 Å². The Morgan fingerprint density at radius 1 is 1.33 bits per heavy atom. The zero-order valence-corrected chi connectivity index (χ0v) is 15.4. The summed E-state index contributed by atoms with van der Waals surface area (Å²) in [7, 11) is 0. The van der Waals surface area contributed by atoms with E-state index in [1.54, 1.807) is 4.90 Å². The van der Waals surface area contributed by atoms with E-state index in [0.29, 0.717) is 12.3 Å². The Kier molecular flexibility index (Phi) is 6.67. The lowest BCUT2D eigenvalue weighted by molar-refractivity contribution is -0.133. The van der Waals surface area contributed by atoms with Crippen LogP contribution in [0.3, 0.4) is 0 Å². The van der Waals surface area contributed by atoms with Gasteiger partial charge in [0.1, 0.15) is 11.8 Å². The van der Waals surface area contributed by atoms with E-state index in [1.165, 1.54) is 0 Å². The van der Waals surface area contributed by atoms with E-state index in [2.05, 4.69) is 11.4 Å². The van der Waals surface area contributed by atoms with E-state index in [-0.39, 0.29) is 49.6 Å². The van der Waals surface area contributed by atoms with Gasteiger partial charge in [0, 0.05) is 19.0 Å². The molecule has 0 spiro atoms. The fraction of sp³-hybridized carbons (Fsp3) is 0.600. The second kappa shape index (κ2) is 9.18. The highest BCUT2D eigenvalue weighted by atomic mass is 16.5. The van der Waals surface area contributed by atoms with Gasteiger partial charge in [0.15, 0.2) is 0 Å². The van der Waals surface area contributed by atoms with Crippen LogP contribution in [-0.2, 0) is 4.79 Å². The van der Waals surface area contributed by atoms with Gasteiger partial charge in [0.25, 0.3) is 0 Å². The number of carbonyl (C=O) groups is 1. The van der Waals surface area contributed by atoms with Crippen LogP contribution in [-0.4, -0.2) is 66.0 Å². The monoisotopic (exact) mass is 373 g/mol. The lowest BCUT2D eigenvalue weighted by atomic mass is 9.96. The molecule has 2 aliphatic heterocycles. The number of hydrogen-bond acceptors (Lipinski definition) is 6. The molecule has 146 valence electrons. The highest BCUT2D eigenvalue weighted by Gasteiger charge is 2.37. The predicted octanol–water partition coefficient (Wildman–Crippen LogP) is 0.626. The predicted molar refractivity (Wildman–Crippen MR) is 99.1 cm³/mol. The van der Waals surface area contributed by atoms with Gasteiger partial charge in [-0.25, -0.2) is 0 Å². The van der Waals surface area contributed by atoms with Crippen molar-refractivity contribution in [1.29, 1.82) is 5.26 Å². The summed E-state index contributed by atoms with van der Waals surface area (Å²) in [5, 5.41) is 30.7. The number of aliphatic hydroxyl groups excluding tert-OH is 2. The average molecular weight is 373 g/mol. The summed E-state index contributed by atoms with van der Waals surface area (Å²) in [5.74, 6) is 0.704. The number of nitrogens with one attached hydrogen (secondary N) is 1. The lowest BCUT2D eigenvalue weighted by Crippen LogP contribution is -2.45. The summed E-state index contributed by atoms with van der Waals surface area (Å²) in [6.45, 7) is 1.46. The Labute approximate surface area is 159 Å². The van der Waals surface area contributed by atoms with E-state index in [1.807, 2.05) is 24.3 Å². The van der Waals surface area contributed by atoms with E-state index in [4.69, 9.17) is 14.9 Å². The molecule has 0 saturated carbocycles. The number of amides is 1. The third-order valence-corrected chi connectivity index (χ3v) is 5.47. The molecule has 2 aliphatic rings. The Morgan fingerprint density at radius 3 is 2.74 bits per heavy atom. The minimum atomic E-state index is -0.281. The van der Waals surface area contributed by atoms with Crippen LogP contribution in [0.2, 0.25) is 0 Å². The number of nitriles is 1. The normalized spacial score (nSPS) is 25.0. The van der Waals surface area contributed by atoms with Crippen molar-refractivity contribution in [2.24, 2.45) is 5.92 Å². The van der Waals surface area contributed by atoms with Crippen LogP contribution in [0.15, 0.2) is 24.3 Å². The molecule has 27 heavy (non-hydrogen) atoms. The molecule has 2 saturated heterocycles. The number of ether oxygens (including phenoxy) is 1. The highest BCUT2D eigenvalue weighted by molar-refractivity contribution is 5.83. The summed E-state index contributed by atoms with van der Waals surface area (Å²) in [4.78, 5) is 14.4. The molecule has 3 atom stereocenters. The van der Waals surface area contributed by atoms with E-state index in [0.717, 1.165) is 31.4 Å². The second-order valence-electron chi connectivity index (χ2n) is 7.32. The number of nitrogens with zero attached hydrogens (tertiary/aromatic N) is 2. The minimum absolute atomic E-state index is 0.0422. The van der Waals surface area contributed by atoms with E-state index in [9.17, 15) is 10.1 Å². The topological polar surface area (TPSA) is 106 Å². The Balaban J connectivity index is 1.54. The van der Waals surface area contributed by atoms with E-state index < -0.39 is 0 Å². The number of aliphatic hydroxyl groups is 2. The molecular weight excluding hydrogens is 346 g/mol. The maximum atomic E-state index is 12.7. The van der Waals surface area contributed by atoms with Crippen LogP contribution in [0.5, 0.6) is 5.75 Å². The molecule has 1 aromatic carbocycles. The molecule has 0 aromatic heterocycles. The first-order chi connectivity index (χ1) is 13.2. The number of carbonyl (C=O) groups excluding carboxylic acids is 1. The zero-order chi connectivity index (χ0) is 19.2. The van der Waals surface area contributed by atoms with Crippen molar-refractivity contribution in [1.82, 2.24) is 10.2 Å². The van der Waals surface area contributed by atoms with Gasteiger partial charge in [0.05, 0.1) is 31.9 Å². The van der Waals surface area contributed by atoms with Crippen molar-refractivity contribution in [3.63, 3.8) is 0 Å². The molecule has 7 heteroatoms. The summed E-state index contributed by atoms with van der Waals surface area (Å²) in [6.07, 6.45) is 2.40. The largest absolute Gasteiger partial charge is 0.493 e. The molecule has 0 aliphatic carbocycles. The van der Waals surface area contributed by atoms with Crippen molar-refractivity contribution >= 4 is 5.91 Å². The Hall–Kier alpha value is -2.14. The lowest BCUT2D eigenvalue weighted by Gasteiger charge is -2.23. The van der Waals surface area contributed by atoms with Gasteiger partial charge in [-0.05, 0) is 42.9 Å². The van der Waals surface area contributed by atoms with Crippen LogP contribution in [0, 0.1) is 17.2 Å². The molecule has 0 unspecified atom stereocenters. The van der Waals surface area contributed by atoms with Gasteiger partial charge in [-0.3, -0.25) is 4.79 Å². The van der Waals surface area contributed by atoms with Crippen molar-refractivity contribution in [3.8, 4) is 11.8 Å². The van der Waals surface area contributed by atoms with Gasteiger partial charge in [0.2, 0.25) is 5.91 Å². The minimum Gasteiger partial charge on any atom is -0.493 e. The number of hydrogen-bond donors (Lipinski definition) is 3. The zero-order valence-electron chi connectivity index (χ0n) is 15.4. The average Bonchev–Trinajstić information content (AvgIpc) is 3.38. The fourth-order valence-electron chi connectivity index (χ4n) is 3.76. The first kappa shape index (κ1) is 19.6. The van der Waals surface area contributed by atoms with Crippen LogP contribution < -0.4 is 10.1 Å². The summed E-state index contributed by atoms with van der Waals surface area (Å²) >= 11 is 0. The molecule has 2 fully saturated rings. The molecule has 1 amide bonds. The smallest absolute Gasteiger partial charge is 0.240 e. The molecule has 1 aromatic rings. The summed E-state index contributed by atoms with van der Waals surface area (Å²) in [5.41, 5.74) is 1.14. The third kappa shape index (κ3) is 4.59. The highest BCUT2D eigenvalue weighted by Crippen LogP contribution is 2.29. The Bertz CT molecular complexity index is 669. The van der Waals surface area contributed by atoms with Crippen LogP contribution in [0.25, 0.3) is 0 Å². The molecular formula is C20H27N3O4. The molecule has 2 heterocycles. The van der Waals surface area contributed by atoms with E-state index >= 15 is 0 Å². The van der Waals surface area contributed by atoms with Crippen LogP contribution in [0.4, 0.5) is 0 Å². The first-order valence-electron chi connectivity index (χ1n) is 9.54. The standard InChI is InChI=1S/C20H27N3O4/c21-9-17-2-1-7-23(17)20(26)19-8-16(10-22-19)15-3-5-18(6-4-15)27-13-14(11-24)12-25/h3-6,14,16-17,19,22,24-25H,1-2,7-8,10-13H2/t16-,17-,19-/m0/s1. The number of benzene rings is 1. The number of rotatable bonds is 7. The van der Waals surface area contributed by atoms with Crippen LogP contribution >= 0.6 is 0 Å². The summed E-state index contributed by atoms with van der Waals surface area (Å²) < 4.78 is 5.59. The van der Waals surface area contributed by atoms with Gasteiger partial charge < -0.3 is 25.2 Å². The SMILES string of the molecule is N#C[C@@H]1CCCN1C(=O)[C@@H]1C[C@H](c2ccc(OCC(CO)CO)cc2)CN1. The molecule has 0 radical (unpaired) electrons. The second-order valence-corrected chi connectivity index (χ2v) is 7.32. The molecule has 0 bridgehead atoms. The third-order valence-electron chi connectivity index (χ3n) is 5.47. The summed E-state index contributed by atoms with van der Waals surface area (Å²) in [6, 6.07) is 9.47. The van der Waals surface area contributed by atoms with Gasteiger partial charge in [-0.2, -0.15) is 5.26 Å². The molecule has 3 rings (SSSR count). The quantitative estimate of drug-likeness (QED) is 0.647. The molecule has 7 nitrogen and oxygen atoms in total. The fourth-order valence-corrected chi connectivity index (χ4v) is 3.76. The van der Waals surface area contributed by atoms with Crippen molar-refractivity contribution in [2.45, 2.75) is 37.3 Å². The maximum absolute atomic E-state index is 12.7. The van der Waals surface area contributed by atoms with Gasteiger partial charge in [-0.1, -0.05) is 12.1 Å². The van der Waals surface area contributed by atoms with Gasteiger partial charge in [-0.15, -0.1) is 0 Å². The first-order valence-corrected chi connectivity index (χ1v) is 9.54. The van der Waals surface area contributed by atoms with Crippen molar-refractivity contribution in [3.05, 3.63) is 29.8 Å². The Morgan fingerprint density at radius 2 is 2.07 bits per heavy atom. The number of likely N-dealkylation sites (tertiary alicyclic amines) is 1. The molecule has 3 N–H and O–H groups in total. The van der Waals surface area contributed by atoms with Crippen molar-refractivity contribution < 1.29 is 19.7 Å².